The minimum Gasteiger partial charge on any atom is -0.465 e. The number of carbonyl (C=O) groups is 1. The fraction of sp³-hybridized carbons (Fsp3) is 0.562. The molecule has 3 nitrogen and oxygen atoms in total. The summed E-state index contributed by atoms with van der Waals surface area (Å²) in [7, 11) is 0. The van der Waals surface area contributed by atoms with E-state index in [1.54, 1.807) is 0 Å². The second-order valence-corrected chi connectivity index (χ2v) is 5.51. The van der Waals surface area contributed by atoms with Gasteiger partial charge in [0.25, 0.3) is 0 Å². The first-order chi connectivity index (χ1) is 9.47. The maximum Gasteiger partial charge on any atom is 0.302 e. The Morgan fingerprint density at radius 1 is 1.55 bits per heavy atom. The summed E-state index contributed by atoms with van der Waals surface area (Å²) in [5.74, 6) is -0.389. The molecule has 1 aromatic rings. The summed E-state index contributed by atoms with van der Waals surface area (Å²) in [4.78, 5) is 10.9. The molecule has 20 heavy (non-hydrogen) atoms. The Labute approximate surface area is 119 Å². The molecule has 1 aliphatic rings. The van der Waals surface area contributed by atoms with Crippen molar-refractivity contribution in [3.05, 3.63) is 35.1 Å². The number of esters is 1. The molecule has 0 amide bonds. The van der Waals surface area contributed by atoms with Crippen LogP contribution >= 0.6 is 0 Å². The van der Waals surface area contributed by atoms with Gasteiger partial charge in [0, 0.05) is 18.4 Å². The van der Waals surface area contributed by atoms with Crippen LogP contribution in [-0.2, 0) is 19.9 Å². The maximum atomic E-state index is 14.2. The molecular weight excluding hydrogens is 259 g/mol. The smallest absolute Gasteiger partial charge is 0.302 e. The lowest BCUT2D eigenvalue weighted by atomic mass is 9.84. The molecule has 0 radical (unpaired) electrons. The van der Waals surface area contributed by atoms with E-state index in [2.05, 4.69) is 0 Å². The molecule has 110 valence electrons. The fourth-order valence-electron chi connectivity index (χ4n) is 2.82. The van der Waals surface area contributed by atoms with Crippen molar-refractivity contribution >= 4 is 5.97 Å². The number of aryl methyl sites for hydroxylation is 1. The van der Waals surface area contributed by atoms with Crippen molar-refractivity contribution in [1.82, 2.24) is 0 Å². The Morgan fingerprint density at radius 2 is 2.30 bits per heavy atom. The predicted octanol–water partition coefficient (Wildman–Crippen LogP) is 3.34. The van der Waals surface area contributed by atoms with E-state index in [9.17, 15) is 9.18 Å². The fourth-order valence-corrected chi connectivity index (χ4v) is 2.82. The molecule has 0 bridgehead atoms. The van der Waals surface area contributed by atoms with Crippen LogP contribution in [0.25, 0.3) is 0 Å². The summed E-state index contributed by atoms with van der Waals surface area (Å²) in [5, 5.41) is 0. The molecular formula is C16H21FO3. The number of benzene rings is 1. The van der Waals surface area contributed by atoms with Crippen molar-refractivity contribution in [2.45, 2.75) is 39.2 Å². The van der Waals surface area contributed by atoms with Gasteiger partial charge in [0.1, 0.15) is 5.82 Å². The first kappa shape index (κ1) is 15.0. The quantitative estimate of drug-likeness (QED) is 0.794. The van der Waals surface area contributed by atoms with E-state index in [1.807, 2.05) is 26.0 Å². The lowest BCUT2D eigenvalue weighted by molar-refractivity contribution is -0.142. The van der Waals surface area contributed by atoms with Crippen LogP contribution in [0.1, 0.15) is 37.8 Å². The standard InChI is InChI=1S/C16H21FO3/c1-4-16(14-6-5-11(2)7-15(14)17)8-13(10-20-16)9-19-12(3)18/h5-7,13H,4,8-10H2,1-3H3/t13-,16-/m0/s1. The van der Waals surface area contributed by atoms with E-state index in [4.69, 9.17) is 9.47 Å². The second-order valence-electron chi connectivity index (χ2n) is 5.51. The molecule has 0 aliphatic carbocycles. The number of ether oxygens (including phenoxy) is 2. The molecule has 2 atom stereocenters. The third-order valence-electron chi connectivity index (χ3n) is 3.92. The summed E-state index contributed by atoms with van der Waals surface area (Å²) >= 11 is 0. The van der Waals surface area contributed by atoms with Crippen LogP contribution in [0, 0.1) is 18.7 Å². The lowest BCUT2D eigenvalue weighted by Gasteiger charge is -2.28. The van der Waals surface area contributed by atoms with E-state index in [1.165, 1.54) is 13.0 Å². The number of hydrogen-bond donors (Lipinski definition) is 0. The molecule has 0 unspecified atom stereocenters. The third kappa shape index (κ3) is 3.01. The minimum absolute atomic E-state index is 0.125. The third-order valence-corrected chi connectivity index (χ3v) is 3.92. The molecule has 0 spiro atoms. The molecule has 1 saturated heterocycles. The molecule has 2 rings (SSSR count). The van der Waals surface area contributed by atoms with Crippen molar-refractivity contribution in [2.75, 3.05) is 13.2 Å². The van der Waals surface area contributed by atoms with Crippen LogP contribution in [0.4, 0.5) is 4.39 Å². The van der Waals surface area contributed by atoms with E-state index in [-0.39, 0.29) is 17.7 Å². The number of halogens is 1. The molecule has 0 aromatic heterocycles. The Hall–Kier alpha value is -1.42. The Bertz CT molecular complexity index is 500. The molecule has 1 aromatic carbocycles. The summed E-state index contributed by atoms with van der Waals surface area (Å²) in [5.41, 5.74) is 0.908. The van der Waals surface area contributed by atoms with Crippen molar-refractivity contribution in [3.8, 4) is 0 Å². The zero-order valence-electron chi connectivity index (χ0n) is 12.2. The van der Waals surface area contributed by atoms with Gasteiger partial charge in [0.05, 0.1) is 18.8 Å². The Morgan fingerprint density at radius 3 is 2.90 bits per heavy atom. The monoisotopic (exact) mass is 280 g/mol. The second kappa shape index (κ2) is 5.92. The lowest BCUT2D eigenvalue weighted by Crippen LogP contribution is -2.26. The summed E-state index contributed by atoms with van der Waals surface area (Å²) in [6.45, 7) is 6.08. The van der Waals surface area contributed by atoms with Gasteiger partial charge >= 0.3 is 5.97 Å². The van der Waals surface area contributed by atoms with Crippen LogP contribution in [0.3, 0.4) is 0 Å². The first-order valence-corrected chi connectivity index (χ1v) is 7.01. The highest BCUT2D eigenvalue weighted by atomic mass is 19.1. The molecule has 1 aliphatic heterocycles. The Kier molecular flexibility index (Phi) is 4.43. The van der Waals surface area contributed by atoms with Crippen molar-refractivity contribution in [3.63, 3.8) is 0 Å². The normalized spacial score (nSPS) is 25.7. The number of hydrogen-bond acceptors (Lipinski definition) is 3. The van der Waals surface area contributed by atoms with E-state index in [0.717, 1.165) is 5.56 Å². The van der Waals surface area contributed by atoms with Crippen molar-refractivity contribution < 1.29 is 18.7 Å². The molecule has 0 saturated carbocycles. The summed E-state index contributed by atoms with van der Waals surface area (Å²) in [6, 6.07) is 5.25. The van der Waals surface area contributed by atoms with Gasteiger partial charge < -0.3 is 9.47 Å². The van der Waals surface area contributed by atoms with Gasteiger partial charge in [-0.05, 0) is 31.4 Å². The Balaban J connectivity index is 2.17. The minimum atomic E-state index is -0.595. The number of rotatable bonds is 4. The zero-order chi connectivity index (χ0) is 14.8. The van der Waals surface area contributed by atoms with Gasteiger partial charge in [-0.2, -0.15) is 0 Å². The van der Waals surface area contributed by atoms with Crippen LogP contribution in [0.15, 0.2) is 18.2 Å². The van der Waals surface area contributed by atoms with Crippen LogP contribution in [-0.4, -0.2) is 19.2 Å². The molecule has 4 heteroatoms. The maximum absolute atomic E-state index is 14.2. The van der Waals surface area contributed by atoms with Gasteiger partial charge in [-0.3, -0.25) is 4.79 Å². The van der Waals surface area contributed by atoms with Gasteiger partial charge in [-0.25, -0.2) is 4.39 Å². The van der Waals surface area contributed by atoms with Crippen LogP contribution in [0.5, 0.6) is 0 Å². The SMILES string of the molecule is CC[C@@]1(c2ccc(C)cc2F)C[C@@H](COC(C)=O)CO1. The summed E-state index contributed by atoms with van der Waals surface area (Å²) < 4.78 is 25.2. The van der Waals surface area contributed by atoms with Gasteiger partial charge in [-0.15, -0.1) is 0 Å². The average molecular weight is 280 g/mol. The zero-order valence-corrected chi connectivity index (χ0v) is 12.2. The highest BCUT2D eigenvalue weighted by Gasteiger charge is 2.42. The molecule has 1 fully saturated rings. The van der Waals surface area contributed by atoms with Gasteiger partial charge in [-0.1, -0.05) is 19.1 Å². The van der Waals surface area contributed by atoms with E-state index >= 15 is 0 Å². The predicted molar refractivity (Wildman–Crippen MR) is 73.8 cm³/mol. The number of carbonyl (C=O) groups excluding carboxylic acids is 1. The van der Waals surface area contributed by atoms with Crippen LogP contribution < -0.4 is 0 Å². The van der Waals surface area contributed by atoms with Crippen molar-refractivity contribution in [2.24, 2.45) is 5.92 Å². The summed E-state index contributed by atoms with van der Waals surface area (Å²) in [6.07, 6.45) is 1.38. The highest BCUT2D eigenvalue weighted by molar-refractivity contribution is 5.65. The van der Waals surface area contributed by atoms with E-state index in [0.29, 0.717) is 31.6 Å². The first-order valence-electron chi connectivity index (χ1n) is 7.01. The highest BCUT2D eigenvalue weighted by Crippen LogP contribution is 2.42. The largest absolute Gasteiger partial charge is 0.465 e. The van der Waals surface area contributed by atoms with Crippen molar-refractivity contribution in [1.29, 1.82) is 0 Å². The topological polar surface area (TPSA) is 35.5 Å². The van der Waals surface area contributed by atoms with E-state index < -0.39 is 5.60 Å². The molecule has 1 heterocycles. The average Bonchev–Trinajstić information content (AvgIpc) is 2.81. The van der Waals surface area contributed by atoms with Gasteiger partial charge in [0.2, 0.25) is 0 Å². The van der Waals surface area contributed by atoms with Crippen LogP contribution in [0.2, 0.25) is 0 Å². The molecule has 0 N–H and O–H groups in total. The van der Waals surface area contributed by atoms with Gasteiger partial charge in [0.15, 0.2) is 0 Å².